The lowest BCUT2D eigenvalue weighted by Gasteiger charge is -2.38. The lowest BCUT2D eigenvalue weighted by atomic mass is 9.67. The van der Waals surface area contributed by atoms with E-state index < -0.39 is 0 Å². The smallest absolute Gasteiger partial charge is 0.00263 e. The number of benzene rings is 7. The third-order valence-electron chi connectivity index (χ3n) is 11.6. The Bertz CT molecular complexity index is 2190. The molecule has 4 bridgehead atoms. The summed E-state index contributed by atoms with van der Waals surface area (Å²) in [6.45, 7) is 0. The van der Waals surface area contributed by atoms with E-state index in [0.29, 0.717) is 0 Å². The molecular weight excluding hydrogens is 540 g/mol. The average molecular weight is 577 g/mol. The Morgan fingerprint density at radius 3 is 1.49 bits per heavy atom. The highest BCUT2D eigenvalue weighted by Gasteiger charge is 2.42. The van der Waals surface area contributed by atoms with E-state index in [1.54, 1.807) is 11.1 Å². The van der Waals surface area contributed by atoms with Crippen LogP contribution < -0.4 is 0 Å². The second kappa shape index (κ2) is 9.91. The highest BCUT2D eigenvalue weighted by Crippen LogP contribution is 2.57. The quantitative estimate of drug-likeness (QED) is 0.184. The van der Waals surface area contributed by atoms with Crippen LogP contribution in [0.3, 0.4) is 0 Å². The van der Waals surface area contributed by atoms with Crippen molar-refractivity contribution in [2.24, 2.45) is 11.8 Å². The van der Waals surface area contributed by atoms with Gasteiger partial charge in [-0.25, -0.2) is 0 Å². The van der Waals surface area contributed by atoms with Crippen LogP contribution >= 0.6 is 0 Å². The van der Waals surface area contributed by atoms with Gasteiger partial charge in [0.25, 0.3) is 0 Å². The normalized spacial score (nSPS) is 21.8. The molecule has 0 aromatic heterocycles. The minimum absolute atomic E-state index is 0.744. The summed E-state index contributed by atoms with van der Waals surface area (Å²) >= 11 is 0. The van der Waals surface area contributed by atoms with E-state index in [-0.39, 0.29) is 0 Å². The van der Waals surface area contributed by atoms with Crippen LogP contribution in [-0.4, -0.2) is 0 Å². The van der Waals surface area contributed by atoms with Crippen molar-refractivity contribution in [3.05, 3.63) is 145 Å². The largest absolute Gasteiger partial charge is 0.0616 e. The average Bonchev–Trinajstić information content (AvgIpc) is 3.26. The monoisotopic (exact) mass is 576 g/mol. The van der Waals surface area contributed by atoms with Crippen LogP contribution in [-0.2, 0) is 0 Å². The molecule has 2 fully saturated rings. The van der Waals surface area contributed by atoms with E-state index >= 15 is 0 Å². The highest BCUT2D eigenvalue weighted by molar-refractivity contribution is 6.21. The Hall–Kier alpha value is -4.68. The fraction of sp³-hybridized carbons (Fsp3) is 0.200. The summed E-state index contributed by atoms with van der Waals surface area (Å²) in [5.74, 6) is 3.40. The fourth-order valence-corrected chi connectivity index (χ4v) is 9.86. The Balaban J connectivity index is 1.16. The van der Waals surface area contributed by atoms with Crippen LogP contribution in [0.15, 0.2) is 133 Å². The maximum Gasteiger partial charge on any atom is -0.00263 e. The minimum atomic E-state index is 0.744. The van der Waals surface area contributed by atoms with Crippen molar-refractivity contribution in [2.45, 2.75) is 43.9 Å². The lowest BCUT2D eigenvalue weighted by Crippen LogP contribution is -2.25. The Kier molecular flexibility index (Phi) is 5.65. The zero-order valence-corrected chi connectivity index (χ0v) is 25.5. The summed E-state index contributed by atoms with van der Waals surface area (Å²) in [5.41, 5.74) is 11.3. The number of fused-ring (bicyclic) bond motifs is 3. The molecule has 7 aromatic rings. The third-order valence-corrected chi connectivity index (χ3v) is 11.6. The summed E-state index contributed by atoms with van der Waals surface area (Å²) in [6, 6.07) is 50.4. The molecule has 0 spiro atoms. The van der Waals surface area contributed by atoms with Crippen molar-refractivity contribution in [1.29, 1.82) is 0 Å². The molecule has 216 valence electrons. The predicted molar refractivity (Wildman–Crippen MR) is 191 cm³/mol. The molecule has 11 rings (SSSR count). The SMILES string of the molecule is c1ccc2c(-c3ccc(-c4c5ccccc5c(-c5ccc6c(c5)C5CC7CC(CC6C7)C5)c5ccccc45)cc3)cccc2c1. The van der Waals surface area contributed by atoms with E-state index in [0.717, 1.165) is 23.7 Å². The van der Waals surface area contributed by atoms with Gasteiger partial charge in [-0.05, 0) is 133 Å². The Morgan fingerprint density at radius 2 is 0.844 bits per heavy atom. The molecule has 0 heterocycles. The van der Waals surface area contributed by atoms with Gasteiger partial charge in [-0.15, -0.1) is 0 Å². The van der Waals surface area contributed by atoms with Gasteiger partial charge in [0.1, 0.15) is 0 Å². The minimum Gasteiger partial charge on any atom is -0.0616 e. The van der Waals surface area contributed by atoms with E-state index in [1.807, 2.05) is 0 Å². The van der Waals surface area contributed by atoms with Crippen LogP contribution in [0.1, 0.15) is 55.1 Å². The van der Waals surface area contributed by atoms with Gasteiger partial charge in [0.15, 0.2) is 0 Å². The first-order valence-electron chi connectivity index (χ1n) is 16.9. The lowest BCUT2D eigenvalue weighted by molar-refractivity contribution is 0.166. The summed E-state index contributed by atoms with van der Waals surface area (Å²) in [5, 5.41) is 7.95. The first-order valence-corrected chi connectivity index (χ1v) is 16.9. The van der Waals surface area contributed by atoms with Gasteiger partial charge < -0.3 is 0 Å². The van der Waals surface area contributed by atoms with Gasteiger partial charge >= 0.3 is 0 Å². The van der Waals surface area contributed by atoms with E-state index in [4.69, 9.17) is 0 Å². The molecule has 7 aromatic carbocycles. The Morgan fingerprint density at radius 1 is 0.356 bits per heavy atom. The zero-order valence-electron chi connectivity index (χ0n) is 25.5. The zero-order chi connectivity index (χ0) is 29.5. The molecular formula is C45H36. The Labute approximate surface area is 265 Å². The molecule has 0 radical (unpaired) electrons. The van der Waals surface area contributed by atoms with Crippen LogP contribution in [0.25, 0.3) is 65.7 Å². The van der Waals surface area contributed by atoms with E-state index in [9.17, 15) is 0 Å². The third kappa shape index (κ3) is 3.98. The van der Waals surface area contributed by atoms with Gasteiger partial charge in [-0.2, -0.15) is 0 Å². The number of hydrogen-bond donors (Lipinski definition) is 0. The predicted octanol–water partition coefficient (Wildman–Crippen LogP) is 12.5. The van der Waals surface area contributed by atoms with Gasteiger partial charge in [0.2, 0.25) is 0 Å². The molecule has 2 atom stereocenters. The van der Waals surface area contributed by atoms with Gasteiger partial charge in [-0.3, -0.25) is 0 Å². The van der Waals surface area contributed by atoms with Crippen LogP contribution in [0.5, 0.6) is 0 Å². The van der Waals surface area contributed by atoms with E-state index in [1.165, 1.54) is 97.8 Å². The second-order valence-electron chi connectivity index (χ2n) is 14.1. The number of rotatable bonds is 3. The molecule has 4 aliphatic rings. The summed E-state index contributed by atoms with van der Waals surface area (Å²) in [6.07, 6.45) is 7.11. The summed E-state index contributed by atoms with van der Waals surface area (Å²) < 4.78 is 0. The maximum atomic E-state index is 2.62. The second-order valence-corrected chi connectivity index (χ2v) is 14.1. The molecule has 0 saturated heterocycles. The molecule has 2 unspecified atom stereocenters. The van der Waals surface area contributed by atoms with Crippen molar-refractivity contribution in [3.63, 3.8) is 0 Å². The highest BCUT2D eigenvalue weighted by atomic mass is 14.5. The fourth-order valence-electron chi connectivity index (χ4n) is 9.86. The van der Waals surface area contributed by atoms with Crippen LogP contribution in [0.4, 0.5) is 0 Å². The van der Waals surface area contributed by atoms with Crippen LogP contribution in [0.2, 0.25) is 0 Å². The summed E-state index contributed by atoms with van der Waals surface area (Å²) in [7, 11) is 0. The van der Waals surface area contributed by atoms with Crippen LogP contribution in [0, 0.1) is 11.8 Å². The molecule has 4 aliphatic carbocycles. The number of hydrogen-bond acceptors (Lipinski definition) is 0. The first-order chi connectivity index (χ1) is 22.3. The molecule has 0 heteroatoms. The topological polar surface area (TPSA) is 0 Å². The first kappa shape index (κ1) is 25.6. The molecule has 0 aliphatic heterocycles. The van der Waals surface area contributed by atoms with Crippen molar-refractivity contribution in [1.82, 2.24) is 0 Å². The van der Waals surface area contributed by atoms with Gasteiger partial charge in [0.05, 0.1) is 0 Å². The van der Waals surface area contributed by atoms with Crippen molar-refractivity contribution in [3.8, 4) is 33.4 Å². The van der Waals surface area contributed by atoms with Gasteiger partial charge in [-0.1, -0.05) is 133 Å². The van der Waals surface area contributed by atoms with Crippen molar-refractivity contribution < 1.29 is 0 Å². The van der Waals surface area contributed by atoms with Gasteiger partial charge in [0, 0.05) is 0 Å². The molecule has 45 heavy (non-hydrogen) atoms. The van der Waals surface area contributed by atoms with Crippen molar-refractivity contribution in [2.75, 3.05) is 0 Å². The molecule has 0 nitrogen and oxygen atoms in total. The standard InChI is InChI=1S/C45H36/c1-2-10-36-30(8-1)9-7-15-37(36)31-16-18-32(19-17-31)44-39-11-3-5-13-41(39)45(42-14-6-4-12-40(42)44)33-20-21-38-34-23-28-22-29(24-34)26-35(25-28)43(38)27-33/h1-21,27-29,34-35H,22-26H2. The summed E-state index contributed by atoms with van der Waals surface area (Å²) in [4.78, 5) is 0. The molecule has 2 saturated carbocycles. The molecule has 0 amide bonds. The maximum absolute atomic E-state index is 2.62. The molecule has 0 N–H and O–H groups in total. The van der Waals surface area contributed by atoms with Crippen molar-refractivity contribution >= 4 is 32.3 Å². The van der Waals surface area contributed by atoms with E-state index in [2.05, 4.69) is 133 Å².